The molecule has 11 heteroatoms. The number of hydrogen-bond acceptors (Lipinski definition) is 5. The molecular formula is C18H17ClF3N5O2. The lowest BCUT2D eigenvalue weighted by molar-refractivity contribution is -0.137. The van der Waals surface area contributed by atoms with Gasteiger partial charge in [-0.2, -0.15) is 23.5 Å². The molecule has 1 fully saturated rings. The third-order valence-electron chi connectivity index (χ3n) is 4.32. The maximum absolute atomic E-state index is 13.2. The van der Waals surface area contributed by atoms with Crippen LogP contribution in [0.15, 0.2) is 18.5 Å². The van der Waals surface area contributed by atoms with Crippen molar-refractivity contribution >= 4 is 17.7 Å². The van der Waals surface area contributed by atoms with Crippen molar-refractivity contribution in [2.45, 2.75) is 26.1 Å². The smallest absolute Gasteiger partial charge is 0.417 e. The summed E-state index contributed by atoms with van der Waals surface area (Å²) >= 11 is 5.79. The van der Waals surface area contributed by atoms with Crippen LogP contribution in [0.1, 0.15) is 31.0 Å². The van der Waals surface area contributed by atoms with E-state index in [9.17, 15) is 18.0 Å². The molecule has 2 aromatic rings. The molecule has 0 bridgehead atoms. The fraction of sp³-hybridized carbons (Fsp3) is 0.444. The molecule has 1 aliphatic heterocycles. The van der Waals surface area contributed by atoms with Gasteiger partial charge >= 0.3 is 12.3 Å². The molecule has 0 saturated carbocycles. The second-order valence-electron chi connectivity index (χ2n) is 7.07. The van der Waals surface area contributed by atoms with E-state index >= 15 is 0 Å². The van der Waals surface area contributed by atoms with Gasteiger partial charge in [0.05, 0.1) is 30.1 Å². The van der Waals surface area contributed by atoms with Gasteiger partial charge in [0.25, 0.3) is 0 Å². The second kappa shape index (κ2) is 7.91. The summed E-state index contributed by atoms with van der Waals surface area (Å²) in [6, 6.07) is 2.10. The molecule has 154 valence electrons. The van der Waals surface area contributed by atoms with Crippen LogP contribution < -0.4 is 0 Å². The maximum atomic E-state index is 13.2. The first kappa shape index (κ1) is 20.9. The predicted octanol–water partition coefficient (Wildman–Crippen LogP) is 4.14. The molecule has 0 N–H and O–H groups in total. The number of halogens is 4. The van der Waals surface area contributed by atoms with Crippen molar-refractivity contribution in [2.75, 3.05) is 19.7 Å². The first-order valence-electron chi connectivity index (χ1n) is 8.74. The van der Waals surface area contributed by atoms with Crippen LogP contribution in [0.4, 0.5) is 18.0 Å². The van der Waals surface area contributed by atoms with E-state index in [1.807, 2.05) is 13.8 Å². The molecule has 0 radical (unpaired) electrons. The molecule has 7 nitrogen and oxygen atoms in total. The van der Waals surface area contributed by atoms with Gasteiger partial charge in [0.1, 0.15) is 16.8 Å². The van der Waals surface area contributed by atoms with Crippen LogP contribution in [0.5, 0.6) is 0 Å². The van der Waals surface area contributed by atoms with Gasteiger partial charge in [-0.05, 0) is 12.0 Å². The number of hydrogen-bond donors (Lipinski definition) is 0. The number of carbonyl (C=O) groups is 1. The summed E-state index contributed by atoms with van der Waals surface area (Å²) in [7, 11) is 0. The van der Waals surface area contributed by atoms with Crippen molar-refractivity contribution in [3.8, 4) is 17.3 Å². The molecule has 0 aliphatic carbocycles. The fourth-order valence-electron chi connectivity index (χ4n) is 2.76. The Bertz CT molecular complexity index is 961. The van der Waals surface area contributed by atoms with E-state index in [1.165, 1.54) is 23.4 Å². The Morgan fingerprint density at radius 1 is 1.45 bits per heavy atom. The number of ether oxygens (including phenoxy) is 1. The van der Waals surface area contributed by atoms with E-state index < -0.39 is 28.5 Å². The van der Waals surface area contributed by atoms with Crippen LogP contribution in [-0.2, 0) is 10.9 Å². The molecule has 2 aromatic heterocycles. The Morgan fingerprint density at radius 3 is 2.72 bits per heavy atom. The molecule has 0 aromatic carbocycles. The summed E-state index contributed by atoms with van der Waals surface area (Å²) < 4.78 is 46.4. The number of nitriles is 1. The minimum atomic E-state index is -4.74. The van der Waals surface area contributed by atoms with E-state index in [4.69, 9.17) is 21.6 Å². The predicted molar refractivity (Wildman–Crippen MR) is 97.0 cm³/mol. The van der Waals surface area contributed by atoms with E-state index in [2.05, 4.69) is 10.1 Å². The SMILES string of the molecule is CC(C)COC(=O)N1CC(n2cc(-c3cc(C(F)(F)F)c(C#N)c(Cl)n3)cn2)C1. The highest BCUT2D eigenvalue weighted by molar-refractivity contribution is 6.30. The molecular weight excluding hydrogens is 411 g/mol. The third-order valence-corrected chi connectivity index (χ3v) is 4.60. The van der Waals surface area contributed by atoms with Gasteiger partial charge in [0.15, 0.2) is 0 Å². The quantitative estimate of drug-likeness (QED) is 0.685. The van der Waals surface area contributed by atoms with Crippen molar-refractivity contribution in [3.63, 3.8) is 0 Å². The highest BCUT2D eigenvalue weighted by Gasteiger charge is 2.36. The van der Waals surface area contributed by atoms with Crippen molar-refractivity contribution < 1.29 is 22.7 Å². The van der Waals surface area contributed by atoms with Crippen LogP contribution in [0.2, 0.25) is 5.15 Å². The molecule has 0 unspecified atom stereocenters. The number of alkyl halides is 3. The summed E-state index contributed by atoms with van der Waals surface area (Å²) in [6.07, 6.45) is -2.25. The molecule has 3 heterocycles. The minimum absolute atomic E-state index is 0.0416. The number of pyridine rings is 1. The van der Waals surface area contributed by atoms with Crippen LogP contribution in [0.25, 0.3) is 11.3 Å². The largest absolute Gasteiger partial charge is 0.449 e. The van der Waals surface area contributed by atoms with Crippen LogP contribution >= 0.6 is 11.6 Å². The fourth-order valence-corrected chi connectivity index (χ4v) is 3.00. The normalized spacial score (nSPS) is 14.6. The van der Waals surface area contributed by atoms with Gasteiger partial charge in [-0.15, -0.1) is 0 Å². The van der Waals surface area contributed by atoms with E-state index in [0.717, 1.165) is 6.07 Å². The number of aromatic nitrogens is 3. The van der Waals surface area contributed by atoms with Gasteiger partial charge in [-0.3, -0.25) is 4.68 Å². The summed E-state index contributed by atoms with van der Waals surface area (Å²) in [5.41, 5.74) is -1.59. The molecule has 1 amide bonds. The zero-order valence-electron chi connectivity index (χ0n) is 15.6. The van der Waals surface area contributed by atoms with Gasteiger partial charge in [-0.1, -0.05) is 25.4 Å². The minimum Gasteiger partial charge on any atom is -0.449 e. The lowest BCUT2D eigenvalue weighted by Gasteiger charge is -2.38. The molecule has 29 heavy (non-hydrogen) atoms. The van der Waals surface area contributed by atoms with Crippen LogP contribution in [-0.4, -0.2) is 45.5 Å². The molecule has 1 saturated heterocycles. The summed E-state index contributed by atoms with van der Waals surface area (Å²) in [4.78, 5) is 17.3. The van der Waals surface area contributed by atoms with Crippen molar-refractivity contribution in [2.24, 2.45) is 5.92 Å². The van der Waals surface area contributed by atoms with Crippen molar-refractivity contribution in [1.29, 1.82) is 5.26 Å². The average Bonchev–Trinajstić information content (AvgIpc) is 3.06. The highest BCUT2D eigenvalue weighted by atomic mass is 35.5. The molecule has 0 spiro atoms. The van der Waals surface area contributed by atoms with Gasteiger partial charge in [-0.25, -0.2) is 9.78 Å². The molecule has 1 aliphatic rings. The second-order valence-corrected chi connectivity index (χ2v) is 7.43. The van der Waals surface area contributed by atoms with Crippen molar-refractivity contribution in [1.82, 2.24) is 19.7 Å². The Labute approximate surface area is 169 Å². The topological polar surface area (TPSA) is 84.0 Å². The number of rotatable bonds is 4. The van der Waals surface area contributed by atoms with E-state index in [1.54, 1.807) is 4.68 Å². The summed E-state index contributed by atoms with van der Waals surface area (Å²) in [5.74, 6) is 0.234. The van der Waals surface area contributed by atoms with E-state index in [0.29, 0.717) is 25.3 Å². The first-order valence-corrected chi connectivity index (χ1v) is 9.12. The zero-order chi connectivity index (χ0) is 21.3. The lowest BCUT2D eigenvalue weighted by atomic mass is 10.1. The maximum Gasteiger partial charge on any atom is 0.417 e. The third kappa shape index (κ3) is 4.45. The zero-order valence-corrected chi connectivity index (χ0v) is 16.3. The molecule has 3 rings (SSSR count). The monoisotopic (exact) mass is 427 g/mol. The highest BCUT2D eigenvalue weighted by Crippen LogP contribution is 2.36. The standard InChI is InChI=1S/C18H17ClF3N5O2/c1-10(2)9-29-17(28)26-7-12(8-26)27-6-11(5-24-27)15-3-14(18(20,21)22)13(4-23)16(19)25-15/h3,5-6,10,12H,7-9H2,1-2H3. The Kier molecular flexibility index (Phi) is 5.71. The number of amides is 1. The van der Waals surface area contributed by atoms with Crippen LogP contribution in [0.3, 0.4) is 0 Å². The number of carbonyl (C=O) groups excluding carboxylic acids is 1. The van der Waals surface area contributed by atoms with Gasteiger partial charge in [0.2, 0.25) is 0 Å². The van der Waals surface area contributed by atoms with Crippen molar-refractivity contribution in [3.05, 3.63) is 34.7 Å². The number of likely N-dealkylation sites (tertiary alicyclic amines) is 1. The number of nitrogens with zero attached hydrogens (tertiary/aromatic N) is 5. The summed E-state index contributed by atoms with van der Waals surface area (Å²) in [5, 5.41) is 12.6. The van der Waals surface area contributed by atoms with Gasteiger partial charge in [0, 0.05) is 24.8 Å². The Morgan fingerprint density at radius 2 is 2.14 bits per heavy atom. The summed E-state index contributed by atoms with van der Waals surface area (Å²) in [6.45, 7) is 4.97. The Hall–Kier alpha value is -2.80. The van der Waals surface area contributed by atoms with Crippen LogP contribution in [0, 0.1) is 17.2 Å². The van der Waals surface area contributed by atoms with E-state index in [-0.39, 0.29) is 17.7 Å². The lowest BCUT2D eigenvalue weighted by Crippen LogP contribution is -2.51. The molecule has 0 atom stereocenters. The average molecular weight is 428 g/mol. The first-order chi connectivity index (χ1) is 13.6. The van der Waals surface area contributed by atoms with Gasteiger partial charge < -0.3 is 9.64 Å². The Balaban J connectivity index is 1.74.